The van der Waals surface area contributed by atoms with Crippen molar-refractivity contribution < 1.29 is 9.53 Å². The van der Waals surface area contributed by atoms with Gasteiger partial charge in [0.25, 0.3) is 0 Å². The van der Waals surface area contributed by atoms with E-state index in [1.165, 1.54) is 0 Å². The predicted octanol–water partition coefficient (Wildman–Crippen LogP) is 1.63. The van der Waals surface area contributed by atoms with E-state index in [-0.39, 0.29) is 18.6 Å². The molecule has 0 radical (unpaired) electrons. The molecule has 6 nitrogen and oxygen atoms in total. The van der Waals surface area contributed by atoms with E-state index >= 15 is 0 Å². The standard InChI is InChI=1S/C18H28N4O2/c1-3-19-17(23)14-21-18(20-4-2)22-12-10-16(11-13-22)24-15-8-6-5-7-9-15/h5-9,16H,3-4,10-14H2,1-2H3,(H,19,23)(H,20,21). The first-order valence-corrected chi connectivity index (χ1v) is 8.74. The Bertz CT molecular complexity index is 525. The Morgan fingerprint density at radius 2 is 1.83 bits per heavy atom. The quantitative estimate of drug-likeness (QED) is 0.614. The van der Waals surface area contributed by atoms with Crippen LogP contribution in [0.2, 0.25) is 0 Å². The van der Waals surface area contributed by atoms with E-state index in [4.69, 9.17) is 4.74 Å². The van der Waals surface area contributed by atoms with Crippen LogP contribution in [-0.2, 0) is 4.79 Å². The van der Waals surface area contributed by atoms with Gasteiger partial charge in [-0.3, -0.25) is 4.79 Å². The highest BCUT2D eigenvalue weighted by atomic mass is 16.5. The highest BCUT2D eigenvalue weighted by molar-refractivity contribution is 5.85. The first kappa shape index (κ1) is 18.1. The first-order chi connectivity index (χ1) is 11.7. The van der Waals surface area contributed by atoms with Crippen molar-refractivity contribution in [3.8, 4) is 5.75 Å². The summed E-state index contributed by atoms with van der Waals surface area (Å²) in [7, 11) is 0. The fourth-order valence-corrected chi connectivity index (χ4v) is 2.70. The van der Waals surface area contributed by atoms with E-state index in [1.54, 1.807) is 0 Å². The van der Waals surface area contributed by atoms with Gasteiger partial charge in [-0.05, 0) is 26.0 Å². The second kappa shape index (κ2) is 9.80. The van der Waals surface area contributed by atoms with Gasteiger partial charge < -0.3 is 20.3 Å². The summed E-state index contributed by atoms with van der Waals surface area (Å²) in [5.74, 6) is 1.69. The van der Waals surface area contributed by atoms with Gasteiger partial charge in [0.2, 0.25) is 5.91 Å². The average Bonchev–Trinajstić information content (AvgIpc) is 2.60. The Morgan fingerprint density at radius 1 is 1.17 bits per heavy atom. The minimum atomic E-state index is -0.0461. The summed E-state index contributed by atoms with van der Waals surface area (Å²) in [6.45, 7) is 7.27. The number of guanidine groups is 1. The lowest BCUT2D eigenvalue weighted by Crippen LogP contribution is -2.47. The third-order valence-electron chi connectivity index (χ3n) is 3.87. The number of hydrogen-bond acceptors (Lipinski definition) is 3. The molecule has 0 saturated carbocycles. The summed E-state index contributed by atoms with van der Waals surface area (Å²) >= 11 is 0. The van der Waals surface area contributed by atoms with Crippen molar-refractivity contribution in [1.29, 1.82) is 0 Å². The molecule has 0 unspecified atom stereocenters. The number of amides is 1. The van der Waals surface area contributed by atoms with Gasteiger partial charge in [-0.2, -0.15) is 0 Å². The summed E-state index contributed by atoms with van der Waals surface area (Å²) in [5, 5.41) is 6.04. The minimum absolute atomic E-state index is 0.0461. The summed E-state index contributed by atoms with van der Waals surface area (Å²) in [4.78, 5) is 18.3. The molecule has 1 saturated heterocycles. The third-order valence-corrected chi connectivity index (χ3v) is 3.87. The molecule has 1 heterocycles. The second-order valence-corrected chi connectivity index (χ2v) is 5.74. The van der Waals surface area contributed by atoms with Crippen LogP contribution in [0.25, 0.3) is 0 Å². The molecule has 1 fully saturated rings. The highest BCUT2D eigenvalue weighted by Crippen LogP contribution is 2.18. The number of benzene rings is 1. The van der Waals surface area contributed by atoms with Crippen molar-refractivity contribution in [1.82, 2.24) is 15.5 Å². The molecule has 132 valence electrons. The molecular weight excluding hydrogens is 304 g/mol. The van der Waals surface area contributed by atoms with Crippen LogP contribution < -0.4 is 15.4 Å². The SMILES string of the molecule is CCNC(=O)CN=C(NCC)N1CCC(Oc2ccccc2)CC1. The molecule has 2 N–H and O–H groups in total. The van der Waals surface area contributed by atoms with E-state index in [9.17, 15) is 4.79 Å². The minimum Gasteiger partial charge on any atom is -0.490 e. The monoisotopic (exact) mass is 332 g/mol. The fraction of sp³-hybridized carbons (Fsp3) is 0.556. The van der Waals surface area contributed by atoms with Crippen LogP contribution in [-0.4, -0.2) is 55.6 Å². The number of likely N-dealkylation sites (tertiary alicyclic amines) is 1. The number of hydrogen-bond donors (Lipinski definition) is 2. The molecule has 0 bridgehead atoms. The molecule has 2 rings (SSSR count). The van der Waals surface area contributed by atoms with Crippen molar-refractivity contribution in [2.75, 3.05) is 32.7 Å². The lowest BCUT2D eigenvalue weighted by Gasteiger charge is -2.34. The lowest BCUT2D eigenvalue weighted by atomic mass is 10.1. The fourth-order valence-electron chi connectivity index (χ4n) is 2.70. The molecule has 0 atom stereocenters. The number of likely N-dealkylation sites (N-methyl/N-ethyl adjacent to an activating group) is 1. The van der Waals surface area contributed by atoms with Gasteiger partial charge in [0.15, 0.2) is 5.96 Å². The second-order valence-electron chi connectivity index (χ2n) is 5.74. The number of nitrogens with zero attached hydrogens (tertiary/aromatic N) is 2. The lowest BCUT2D eigenvalue weighted by molar-refractivity contribution is -0.119. The van der Waals surface area contributed by atoms with Crippen molar-refractivity contribution in [2.24, 2.45) is 4.99 Å². The largest absolute Gasteiger partial charge is 0.490 e. The number of ether oxygens (including phenoxy) is 1. The maximum atomic E-state index is 11.6. The smallest absolute Gasteiger partial charge is 0.241 e. The van der Waals surface area contributed by atoms with Gasteiger partial charge in [0.1, 0.15) is 18.4 Å². The molecule has 0 aromatic heterocycles. The summed E-state index contributed by atoms with van der Waals surface area (Å²) in [6, 6.07) is 9.95. The van der Waals surface area contributed by atoms with Crippen LogP contribution >= 0.6 is 0 Å². The Labute approximate surface area is 144 Å². The third kappa shape index (κ3) is 5.76. The molecule has 1 aromatic carbocycles. The maximum Gasteiger partial charge on any atom is 0.241 e. The van der Waals surface area contributed by atoms with E-state index in [2.05, 4.69) is 20.5 Å². The molecule has 1 aliphatic rings. The van der Waals surface area contributed by atoms with Crippen molar-refractivity contribution >= 4 is 11.9 Å². The zero-order chi connectivity index (χ0) is 17.2. The molecule has 0 spiro atoms. The Kier molecular flexibility index (Phi) is 7.39. The normalized spacial score (nSPS) is 15.9. The highest BCUT2D eigenvalue weighted by Gasteiger charge is 2.22. The predicted molar refractivity (Wildman–Crippen MR) is 96.3 cm³/mol. The van der Waals surface area contributed by atoms with Gasteiger partial charge in [-0.1, -0.05) is 18.2 Å². The zero-order valence-electron chi connectivity index (χ0n) is 14.6. The summed E-state index contributed by atoms with van der Waals surface area (Å²) < 4.78 is 6.02. The van der Waals surface area contributed by atoms with E-state index < -0.39 is 0 Å². The summed E-state index contributed by atoms with van der Waals surface area (Å²) in [6.07, 6.45) is 2.12. The van der Waals surface area contributed by atoms with Gasteiger partial charge in [-0.25, -0.2) is 4.99 Å². The van der Waals surface area contributed by atoms with Crippen LogP contribution in [0.5, 0.6) is 5.75 Å². The van der Waals surface area contributed by atoms with Gasteiger partial charge >= 0.3 is 0 Å². The van der Waals surface area contributed by atoms with Crippen LogP contribution in [0, 0.1) is 0 Å². The zero-order valence-corrected chi connectivity index (χ0v) is 14.6. The average molecular weight is 332 g/mol. The number of para-hydroxylation sites is 1. The molecule has 24 heavy (non-hydrogen) atoms. The maximum absolute atomic E-state index is 11.6. The van der Waals surface area contributed by atoms with Crippen molar-refractivity contribution in [3.05, 3.63) is 30.3 Å². The number of rotatable bonds is 6. The van der Waals surface area contributed by atoms with Crippen LogP contribution in [0.1, 0.15) is 26.7 Å². The van der Waals surface area contributed by atoms with Crippen LogP contribution in [0.15, 0.2) is 35.3 Å². The number of aliphatic imine (C=N–C) groups is 1. The summed E-state index contributed by atoms with van der Waals surface area (Å²) in [5.41, 5.74) is 0. The number of piperidine rings is 1. The molecule has 6 heteroatoms. The van der Waals surface area contributed by atoms with E-state index in [0.717, 1.165) is 44.2 Å². The number of carbonyl (C=O) groups excluding carboxylic acids is 1. The number of nitrogens with one attached hydrogen (secondary N) is 2. The van der Waals surface area contributed by atoms with E-state index in [0.29, 0.717) is 6.54 Å². The van der Waals surface area contributed by atoms with Crippen LogP contribution in [0.3, 0.4) is 0 Å². The molecule has 1 amide bonds. The van der Waals surface area contributed by atoms with Crippen molar-refractivity contribution in [3.63, 3.8) is 0 Å². The van der Waals surface area contributed by atoms with Crippen LogP contribution in [0.4, 0.5) is 0 Å². The topological polar surface area (TPSA) is 66.0 Å². The molecule has 1 aromatic rings. The first-order valence-electron chi connectivity index (χ1n) is 8.74. The number of carbonyl (C=O) groups is 1. The Hall–Kier alpha value is -2.24. The molecule has 1 aliphatic heterocycles. The van der Waals surface area contributed by atoms with Gasteiger partial charge in [0, 0.05) is 39.0 Å². The van der Waals surface area contributed by atoms with Gasteiger partial charge in [0.05, 0.1) is 0 Å². The van der Waals surface area contributed by atoms with Gasteiger partial charge in [-0.15, -0.1) is 0 Å². The molecular formula is C18H28N4O2. The Morgan fingerprint density at radius 3 is 2.46 bits per heavy atom. The Balaban J connectivity index is 1.85. The van der Waals surface area contributed by atoms with E-state index in [1.807, 2.05) is 44.2 Å². The van der Waals surface area contributed by atoms with Crippen molar-refractivity contribution in [2.45, 2.75) is 32.8 Å². The molecule has 0 aliphatic carbocycles.